The molecule has 21 heavy (non-hydrogen) atoms. The smallest absolute Gasteiger partial charge is 0.182 e. The molecule has 9 heteroatoms. The number of nitrogens with zero attached hydrogens (tertiary/aromatic N) is 5. The first-order chi connectivity index (χ1) is 9.90. The molecule has 0 radical (unpaired) electrons. The average Bonchev–Trinajstić information content (AvgIpc) is 2.79. The zero-order valence-electron chi connectivity index (χ0n) is 12.2. The van der Waals surface area contributed by atoms with Crippen molar-refractivity contribution >= 4 is 21.5 Å². The summed E-state index contributed by atoms with van der Waals surface area (Å²) < 4.78 is 25.5. The van der Waals surface area contributed by atoms with Gasteiger partial charge in [0.2, 0.25) is 0 Å². The summed E-state index contributed by atoms with van der Waals surface area (Å²) in [6, 6.07) is 1.61. The second kappa shape index (κ2) is 5.68. The van der Waals surface area contributed by atoms with Gasteiger partial charge in [-0.25, -0.2) is 18.4 Å². The molecular formula is C12H18N6O2S. The van der Waals surface area contributed by atoms with Crippen molar-refractivity contribution in [3.05, 3.63) is 18.6 Å². The summed E-state index contributed by atoms with van der Waals surface area (Å²) in [5.74, 6) is 0.822. The monoisotopic (exact) mass is 310 g/mol. The number of sulfone groups is 1. The molecule has 0 aliphatic carbocycles. The molecule has 0 fully saturated rings. The average molecular weight is 310 g/mol. The number of hydrogen-bond donors (Lipinski definition) is 1. The van der Waals surface area contributed by atoms with Crippen LogP contribution < -0.4 is 10.6 Å². The van der Waals surface area contributed by atoms with Crippen molar-refractivity contribution in [3.63, 3.8) is 0 Å². The van der Waals surface area contributed by atoms with Crippen molar-refractivity contribution in [1.82, 2.24) is 19.7 Å². The Morgan fingerprint density at radius 2 is 2.00 bits per heavy atom. The molecule has 2 aromatic heterocycles. The first kappa shape index (κ1) is 15.2. The fraction of sp³-hybridized carbons (Fsp3) is 0.417. The summed E-state index contributed by atoms with van der Waals surface area (Å²) in [7, 11) is -3.51. The van der Waals surface area contributed by atoms with Crippen LogP contribution in [0, 0.1) is 0 Å². The van der Waals surface area contributed by atoms with Crippen molar-refractivity contribution in [1.29, 1.82) is 0 Å². The van der Waals surface area contributed by atoms with Gasteiger partial charge in [-0.05, 0) is 13.8 Å². The van der Waals surface area contributed by atoms with Crippen LogP contribution in [0.5, 0.6) is 0 Å². The number of aromatic nitrogens is 4. The van der Waals surface area contributed by atoms with Gasteiger partial charge in [-0.15, -0.1) is 5.10 Å². The molecule has 0 saturated carbocycles. The van der Waals surface area contributed by atoms with Crippen LogP contribution in [0.25, 0.3) is 5.82 Å². The lowest BCUT2D eigenvalue weighted by Gasteiger charge is -2.18. The maximum atomic E-state index is 12.1. The Labute approximate surface area is 123 Å². The Kier molecular flexibility index (Phi) is 4.12. The lowest BCUT2D eigenvalue weighted by molar-refractivity contribution is 0.602. The number of hydrogen-bond acceptors (Lipinski definition) is 7. The standard InChI is InChI=1S/C12H18N6O2S/c1-4-17(5-2)12-10(21(3,19)20)11(13)18(16-12)9-6-7-14-8-15-9/h6-8H,4-5,13H2,1-3H3. The lowest BCUT2D eigenvalue weighted by Crippen LogP contribution is -2.24. The van der Waals surface area contributed by atoms with Gasteiger partial charge in [-0.3, -0.25) is 0 Å². The van der Waals surface area contributed by atoms with Crippen molar-refractivity contribution < 1.29 is 8.42 Å². The fourth-order valence-corrected chi connectivity index (χ4v) is 3.04. The highest BCUT2D eigenvalue weighted by Gasteiger charge is 2.27. The number of nitrogen functional groups attached to an aromatic ring is 1. The molecule has 0 aromatic carbocycles. The van der Waals surface area contributed by atoms with Gasteiger partial charge in [0.05, 0.1) is 0 Å². The molecule has 0 atom stereocenters. The van der Waals surface area contributed by atoms with E-state index in [9.17, 15) is 8.42 Å². The molecule has 0 aliphatic rings. The summed E-state index contributed by atoms with van der Waals surface area (Å²) in [5, 5.41) is 4.34. The second-order valence-electron chi connectivity index (χ2n) is 4.46. The minimum Gasteiger partial charge on any atom is -0.382 e. The SMILES string of the molecule is CCN(CC)c1nn(-c2ccncn2)c(N)c1S(C)(=O)=O. The van der Waals surface area contributed by atoms with Gasteiger partial charge >= 0.3 is 0 Å². The fourth-order valence-electron chi connectivity index (χ4n) is 2.07. The molecule has 2 N–H and O–H groups in total. The summed E-state index contributed by atoms with van der Waals surface area (Å²) >= 11 is 0. The number of rotatable bonds is 5. The Bertz CT molecular complexity index is 722. The Balaban J connectivity index is 2.72. The van der Waals surface area contributed by atoms with Crippen LogP contribution in [0.15, 0.2) is 23.5 Å². The van der Waals surface area contributed by atoms with Crippen LogP contribution in [0.4, 0.5) is 11.6 Å². The summed E-state index contributed by atoms with van der Waals surface area (Å²) in [4.78, 5) is 9.75. The molecule has 2 heterocycles. The van der Waals surface area contributed by atoms with Gasteiger partial charge in [-0.2, -0.15) is 4.68 Å². The highest BCUT2D eigenvalue weighted by Crippen LogP contribution is 2.31. The quantitative estimate of drug-likeness (QED) is 0.856. The lowest BCUT2D eigenvalue weighted by atomic mass is 10.4. The van der Waals surface area contributed by atoms with Gasteiger partial charge in [0.25, 0.3) is 0 Å². The molecule has 0 amide bonds. The predicted octanol–water partition coefficient (Wildman–Crippen LogP) is 0.494. The summed E-state index contributed by atoms with van der Waals surface area (Å²) in [6.07, 6.45) is 4.02. The highest BCUT2D eigenvalue weighted by atomic mass is 32.2. The van der Waals surface area contributed by atoms with Crippen LogP contribution in [0.1, 0.15) is 13.8 Å². The largest absolute Gasteiger partial charge is 0.382 e. The van der Waals surface area contributed by atoms with Crippen molar-refractivity contribution in [3.8, 4) is 5.82 Å². The summed E-state index contributed by atoms with van der Waals surface area (Å²) in [6.45, 7) is 5.10. The van der Waals surface area contributed by atoms with E-state index in [0.29, 0.717) is 24.7 Å². The second-order valence-corrected chi connectivity index (χ2v) is 6.41. The zero-order valence-corrected chi connectivity index (χ0v) is 13.0. The van der Waals surface area contributed by atoms with Crippen LogP contribution in [0.2, 0.25) is 0 Å². The first-order valence-corrected chi connectivity index (χ1v) is 8.39. The van der Waals surface area contributed by atoms with Gasteiger partial charge in [0.1, 0.15) is 12.1 Å². The Morgan fingerprint density at radius 3 is 2.48 bits per heavy atom. The van der Waals surface area contributed by atoms with Crippen molar-refractivity contribution in [2.24, 2.45) is 0 Å². The minimum atomic E-state index is -3.51. The third kappa shape index (κ3) is 2.82. The molecule has 0 bridgehead atoms. The molecule has 8 nitrogen and oxygen atoms in total. The van der Waals surface area contributed by atoms with Crippen molar-refractivity contribution in [2.75, 3.05) is 30.0 Å². The number of nitrogens with two attached hydrogens (primary N) is 1. The Hall–Kier alpha value is -2.16. The van der Waals surface area contributed by atoms with E-state index in [0.717, 1.165) is 6.26 Å². The third-order valence-corrected chi connectivity index (χ3v) is 4.21. The maximum absolute atomic E-state index is 12.1. The minimum absolute atomic E-state index is 0.0322. The molecular weight excluding hydrogens is 292 g/mol. The van der Waals surface area contributed by atoms with Crippen LogP contribution in [0.3, 0.4) is 0 Å². The normalized spacial score (nSPS) is 11.6. The van der Waals surface area contributed by atoms with Gasteiger partial charge in [0.15, 0.2) is 26.4 Å². The van der Waals surface area contributed by atoms with E-state index in [2.05, 4.69) is 15.1 Å². The molecule has 0 saturated heterocycles. The van der Waals surface area contributed by atoms with E-state index in [4.69, 9.17) is 5.73 Å². The van der Waals surface area contributed by atoms with Crippen LogP contribution >= 0.6 is 0 Å². The van der Waals surface area contributed by atoms with E-state index in [-0.39, 0.29) is 10.7 Å². The molecule has 0 spiro atoms. The van der Waals surface area contributed by atoms with Crippen LogP contribution in [-0.2, 0) is 9.84 Å². The number of anilines is 2. The van der Waals surface area contributed by atoms with E-state index in [1.807, 2.05) is 18.7 Å². The topological polar surface area (TPSA) is 107 Å². The van der Waals surface area contributed by atoms with Gasteiger partial charge < -0.3 is 10.6 Å². The molecule has 0 unspecified atom stereocenters. The zero-order chi connectivity index (χ0) is 15.6. The third-order valence-electron chi connectivity index (χ3n) is 3.08. The summed E-state index contributed by atoms with van der Waals surface area (Å²) in [5.41, 5.74) is 6.00. The van der Waals surface area contributed by atoms with E-state index >= 15 is 0 Å². The van der Waals surface area contributed by atoms with E-state index < -0.39 is 9.84 Å². The van der Waals surface area contributed by atoms with Crippen molar-refractivity contribution in [2.45, 2.75) is 18.7 Å². The molecule has 114 valence electrons. The Morgan fingerprint density at radius 1 is 1.33 bits per heavy atom. The van der Waals surface area contributed by atoms with Gasteiger partial charge in [0, 0.05) is 31.6 Å². The van der Waals surface area contributed by atoms with Crippen LogP contribution in [-0.4, -0.2) is 47.5 Å². The van der Waals surface area contributed by atoms with E-state index in [1.54, 1.807) is 12.3 Å². The molecule has 0 aliphatic heterocycles. The maximum Gasteiger partial charge on any atom is 0.182 e. The molecule has 2 aromatic rings. The van der Waals surface area contributed by atoms with E-state index in [1.165, 1.54) is 11.0 Å². The first-order valence-electron chi connectivity index (χ1n) is 6.50. The predicted molar refractivity (Wildman–Crippen MR) is 80.2 cm³/mol. The van der Waals surface area contributed by atoms with Gasteiger partial charge in [-0.1, -0.05) is 0 Å². The molecule has 2 rings (SSSR count). The highest BCUT2D eigenvalue weighted by molar-refractivity contribution is 7.91.